The number of anilines is 1. The SMILES string of the molecule is CC1OCCC1NC(=O)Cc1cccc(N)c1. The molecular formula is C13H18N2O2. The summed E-state index contributed by atoms with van der Waals surface area (Å²) in [6.45, 7) is 2.71. The van der Waals surface area contributed by atoms with Crippen LogP contribution in [0.4, 0.5) is 5.69 Å². The molecule has 0 aromatic heterocycles. The van der Waals surface area contributed by atoms with Crippen molar-refractivity contribution in [2.75, 3.05) is 12.3 Å². The molecule has 1 aromatic rings. The average molecular weight is 234 g/mol. The van der Waals surface area contributed by atoms with Crippen molar-refractivity contribution in [3.05, 3.63) is 29.8 Å². The quantitative estimate of drug-likeness (QED) is 0.770. The van der Waals surface area contributed by atoms with Crippen LogP contribution in [0.3, 0.4) is 0 Å². The molecule has 2 rings (SSSR count). The Balaban J connectivity index is 1.89. The molecule has 2 unspecified atom stereocenters. The number of nitrogens with one attached hydrogen (secondary N) is 1. The van der Waals surface area contributed by atoms with Crippen LogP contribution in [0, 0.1) is 0 Å². The lowest BCUT2D eigenvalue weighted by Crippen LogP contribution is -2.39. The minimum absolute atomic E-state index is 0.0259. The summed E-state index contributed by atoms with van der Waals surface area (Å²) < 4.78 is 5.40. The molecule has 0 bridgehead atoms. The van der Waals surface area contributed by atoms with Crippen molar-refractivity contribution in [1.82, 2.24) is 5.32 Å². The predicted molar refractivity (Wildman–Crippen MR) is 66.5 cm³/mol. The first kappa shape index (κ1) is 11.9. The molecule has 1 aromatic carbocycles. The van der Waals surface area contributed by atoms with E-state index in [-0.39, 0.29) is 18.1 Å². The molecular weight excluding hydrogens is 216 g/mol. The van der Waals surface area contributed by atoms with Crippen LogP contribution in [0.5, 0.6) is 0 Å². The predicted octanol–water partition coefficient (Wildman–Crippen LogP) is 1.10. The maximum atomic E-state index is 11.8. The van der Waals surface area contributed by atoms with E-state index in [1.807, 2.05) is 31.2 Å². The number of nitrogen functional groups attached to an aromatic ring is 1. The van der Waals surface area contributed by atoms with Crippen LogP contribution in [-0.4, -0.2) is 24.7 Å². The molecule has 92 valence electrons. The second-order valence-corrected chi connectivity index (χ2v) is 4.46. The fraction of sp³-hybridized carbons (Fsp3) is 0.462. The van der Waals surface area contributed by atoms with Crippen molar-refractivity contribution >= 4 is 11.6 Å². The molecule has 0 spiro atoms. The third-order valence-electron chi connectivity index (χ3n) is 3.04. The molecule has 2 atom stereocenters. The lowest BCUT2D eigenvalue weighted by molar-refractivity contribution is -0.121. The number of nitrogens with two attached hydrogens (primary N) is 1. The van der Waals surface area contributed by atoms with Gasteiger partial charge in [-0.2, -0.15) is 0 Å². The van der Waals surface area contributed by atoms with Gasteiger partial charge in [0.15, 0.2) is 0 Å². The molecule has 0 aliphatic carbocycles. The number of ether oxygens (including phenoxy) is 1. The van der Waals surface area contributed by atoms with Gasteiger partial charge in [0.2, 0.25) is 5.91 Å². The van der Waals surface area contributed by atoms with E-state index < -0.39 is 0 Å². The molecule has 0 saturated carbocycles. The van der Waals surface area contributed by atoms with Gasteiger partial charge in [-0.15, -0.1) is 0 Å². The molecule has 1 aliphatic rings. The number of amides is 1. The largest absolute Gasteiger partial charge is 0.399 e. The Kier molecular flexibility index (Phi) is 3.64. The van der Waals surface area contributed by atoms with Gasteiger partial charge in [0, 0.05) is 12.3 Å². The van der Waals surface area contributed by atoms with E-state index in [1.165, 1.54) is 0 Å². The van der Waals surface area contributed by atoms with Gasteiger partial charge in [-0.25, -0.2) is 0 Å². The number of hydrogen-bond acceptors (Lipinski definition) is 3. The molecule has 4 heteroatoms. The maximum Gasteiger partial charge on any atom is 0.224 e. The van der Waals surface area contributed by atoms with Gasteiger partial charge >= 0.3 is 0 Å². The van der Waals surface area contributed by atoms with Crippen molar-refractivity contribution in [2.24, 2.45) is 0 Å². The average Bonchev–Trinajstić information content (AvgIpc) is 2.64. The summed E-state index contributed by atoms with van der Waals surface area (Å²) in [6, 6.07) is 7.55. The topological polar surface area (TPSA) is 64.3 Å². The summed E-state index contributed by atoms with van der Waals surface area (Å²) in [7, 11) is 0. The van der Waals surface area contributed by atoms with E-state index in [0.29, 0.717) is 12.1 Å². The zero-order chi connectivity index (χ0) is 12.3. The summed E-state index contributed by atoms with van der Waals surface area (Å²) in [5.41, 5.74) is 7.30. The highest BCUT2D eigenvalue weighted by Gasteiger charge is 2.25. The van der Waals surface area contributed by atoms with Gasteiger partial charge in [-0.1, -0.05) is 12.1 Å². The molecule has 1 aliphatic heterocycles. The van der Waals surface area contributed by atoms with Crippen LogP contribution in [0.15, 0.2) is 24.3 Å². The van der Waals surface area contributed by atoms with Crippen molar-refractivity contribution in [3.63, 3.8) is 0 Å². The zero-order valence-corrected chi connectivity index (χ0v) is 9.98. The van der Waals surface area contributed by atoms with E-state index in [0.717, 1.165) is 18.6 Å². The normalized spacial score (nSPS) is 23.6. The lowest BCUT2D eigenvalue weighted by atomic mass is 10.1. The third-order valence-corrected chi connectivity index (χ3v) is 3.04. The Labute approximate surface area is 101 Å². The smallest absolute Gasteiger partial charge is 0.224 e. The van der Waals surface area contributed by atoms with E-state index >= 15 is 0 Å². The highest BCUT2D eigenvalue weighted by Crippen LogP contribution is 2.13. The van der Waals surface area contributed by atoms with Crippen LogP contribution in [0.1, 0.15) is 18.9 Å². The molecule has 4 nitrogen and oxygen atoms in total. The highest BCUT2D eigenvalue weighted by atomic mass is 16.5. The molecule has 3 N–H and O–H groups in total. The molecule has 1 fully saturated rings. The van der Waals surface area contributed by atoms with Crippen LogP contribution in [0.2, 0.25) is 0 Å². The van der Waals surface area contributed by atoms with Gasteiger partial charge in [-0.3, -0.25) is 4.79 Å². The first-order valence-electron chi connectivity index (χ1n) is 5.90. The minimum Gasteiger partial charge on any atom is -0.399 e. The van der Waals surface area contributed by atoms with Gasteiger partial charge in [0.25, 0.3) is 0 Å². The summed E-state index contributed by atoms with van der Waals surface area (Å²) in [5, 5.41) is 2.99. The van der Waals surface area contributed by atoms with Crippen molar-refractivity contribution in [3.8, 4) is 0 Å². The summed E-state index contributed by atoms with van der Waals surface area (Å²) in [4.78, 5) is 11.8. The third kappa shape index (κ3) is 3.20. The van der Waals surface area contributed by atoms with Crippen molar-refractivity contribution in [1.29, 1.82) is 0 Å². The highest BCUT2D eigenvalue weighted by molar-refractivity contribution is 5.79. The van der Waals surface area contributed by atoms with Gasteiger partial charge in [0.1, 0.15) is 0 Å². The second-order valence-electron chi connectivity index (χ2n) is 4.46. The molecule has 17 heavy (non-hydrogen) atoms. The van der Waals surface area contributed by atoms with Gasteiger partial charge in [0.05, 0.1) is 18.6 Å². The van der Waals surface area contributed by atoms with Crippen LogP contribution >= 0.6 is 0 Å². The zero-order valence-electron chi connectivity index (χ0n) is 9.98. The Hall–Kier alpha value is -1.55. The lowest BCUT2D eigenvalue weighted by Gasteiger charge is -2.16. The fourth-order valence-electron chi connectivity index (χ4n) is 2.07. The van der Waals surface area contributed by atoms with Crippen LogP contribution in [0.25, 0.3) is 0 Å². The Morgan fingerprint density at radius 2 is 2.41 bits per heavy atom. The number of benzene rings is 1. The number of carbonyl (C=O) groups is 1. The number of carbonyl (C=O) groups excluding carboxylic acids is 1. The first-order chi connectivity index (χ1) is 8.15. The van der Waals surface area contributed by atoms with Gasteiger partial charge < -0.3 is 15.8 Å². The van der Waals surface area contributed by atoms with E-state index in [9.17, 15) is 4.79 Å². The summed E-state index contributed by atoms with van der Waals surface area (Å²) in [6.07, 6.45) is 1.37. The van der Waals surface area contributed by atoms with Crippen molar-refractivity contribution < 1.29 is 9.53 Å². The van der Waals surface area contributed by atoms with Crippen molar-refractivity contribution in [2.45, 2.75) is 31.9 Å². The molecule has 0 radical (unpaired) electrons. The van der Waals surface area contributed by atoms with E-state index in [1.54, 1.807) is 0 Å². The molecule has 1 amide bonds. The monoisotopic (exact) mass is 234 g/mol. The van der Waals surface area contributed by atoms with Crippen LogP contribution in [-0.2, 0) is 16.0 Å². The van der Waals surface area contributed by atoms with E-state index in [2.05, 4.69) is 5.32 Å². The van der Waals surface area contributed by atoms with Gasteiger partial charge in [-0.05, 0) is 31.0 Å². The standard InChI is InChI=1S/C13H18N2O2/c1-9-12(5-6-17-9)15-13(16)8-10-3-2-4-11(14)7-10/h2-4,7,9,12H,5-6,8,14H2,1H3,(H,15,16). The second kappa shape index (κ2) is 5.19. The number of rotatable bonds is 3. The minimum atomic E-state index is 0.0259. The molecule has 1 heterocycles. The summed E-state index contributed by atoms with van der Waals surface area (Å²) >= 11 is 0. The molecule has 1 saturated heterocycles. The first-order valence-corrected chi connectivity index (χ1v) is 5.90. The van der Waals surface area contributed by atoms with Crippen LogP contribution < -0.4 is 11.1 Å². The fourth-order valence-corrected chi connectivity index (χ4v) is 2.07. The number of hydrogen-bond donors (Lipinski definition) is 2. The Morgan fingerprint density at radius 1 is 1.59 bits per heavy atom. The Morgan fingerprint density at radius 3 is 3.06 bits per heavy atom. The maximum absolute atomic E-state index is 11.8. The van der Waals surface area contributed by atoms with E-state index in [4.69, 9.17) is 10.5 Å². The summed E-state index contributed by atoms with van der Waals surface area (Å²) in [5.74, 6) is 0.0259. The Bertz CT molecular complexity index is 406.